The molecule has 31 heavy (non-hydrogen) atoms. The summed E-state index contributed by atoms with van der Waals surface area (Å²) < 4.78 is 11.3. The molecule has 6 nitrogen and oxygen atoms in total. The molecule has 2 aromatic rings. The van der Waals surface area contributed by atoms with Crippen LogP contribution in [0.3, 0.4) is 0 Å². The monoisotopic (exact) mass is 442 g/mol. The molecule has 0 aliphatic carbocycles. The minimum Gasteiger partial charge on any atom is -0.481 e. The van der Waals surface area contributed by atoms with Crippen LogP contribution in [0.25, 0.3) is 0 Å². The normalized spacial score (nSPS) is 12.7. The van der Waals surface area contributed by atoms with Crippen molar-refractivity contribution < 1.29 is 28.9 Å². The number of esters is 1. The highest BCUT2D eigenvalue weighted by atomic mass is 28.4. The van der Waals surface area contributed by atoms with Crippen LogP contribution in [0.4, 0.5) is 0 Å². The third-order valence-corrected chi connectivity index (χ3v) is 9.64. The van der Waals surface area contributed by atoms with E-state index in [2.05, 4.69) is 27.4 Å². The number of hydrogen-bond donors (Lipinski definition) is 1. The van der Waals surface area contributed by atoms with Gasteiger partial charge in [-0.2, -0.15) is 0 Å². The van der Waals surface area contributed by atoms with Gasteiger partial charge in [0, 0.05) is 0 Å². The summed E-state index contributed by atoms with van der Waals surface area (Å²) in [7, 11) is -3.02. The Hall–Kier alpha value is -2.74. The maximum absolute atomic E-state index is 12.1. The van der Waals surface area contributed by atoms with Gasteiger partial charge in [-0.15, -0.1) is 0 Å². The second kappa shape index (κ2) is 11.0. The molecule has 0 unspecified atom stereocenters. The Labute approximate surface area is 184 Å². The van der Waals surface area contributed by atoms with Crippen molar-refractivity contribution in [3.05, 3.63) is 73.3 Å². The lowest BCUT2D eigenvalue weighted by molar-refractivity contribution is -0.258. The third kappa shape index (κ3) is 6.37. The average Bonchev–Trinajstić information content (AvgIpc) is 2.72. The molecule has 0 spiro atoms. The molecule has 0 radical (unpaired) electrons. The average molecular weight is 443 g/mol. The van der Waals surface area contributed by atoms with Gasteiger partial charge in [0.15, 0.2) is 0 Å². The van der Waals surface area contributed by atoms with Crippen molar-refractivity contribution in [2.45, 2.75) is 44.8 Å². The van der Waals surface area contributed by atoms with Crippen LogP contribution >= 0.6 is 0 Å². The summed E-state index contributed by atoms with van der Waals surface area (Å²) >= 11 is 0. The minimum absolute atomic E-state index is 0.0498. The number of hydrogen-bond acceptors (Lipinski definition) is 5. The zero-order chi connectivity index (χ0) is 22.9. The van der Waals surface area contributed by atoms with Crippen LogP contribution in [0.5, 0.6) is 0 Å². The first kappa shape index (κ1) is 24.5. The predicted octanol–water partition coefficient (Wildman–Crippen LogP) is 3.46. The molecule has 0 heterocycles. The second-order valence-corrected chi connectivity index (χ2v) is 12.4. The van der Waals surface area contributed by atoms with E-state index in [9.17, 15) is 14.7 Å². The molecule has 0 bridgehead atoms. The van der Waals surface area contributed by atoms with E-state index in [0.29, 0.717) is 0 Å². The maximum Gasteiger partial charge on any atom is 0.308 e. The van der Waals surface area contributed by atoms with Crippen LogP contribution in [0, 0.1) is 0 Å². The van der Waals surface area contributed by atoms with Gasteiger partial charge in [-0.25, -0.2) is 4.89 Å². The van der Waals surface area contributed by atoms with Crippen molar-refractivity contribution in [1.82, 2.24) is 0 Å². The molecule has 166 valence electrons. The van der Waals surface area contributed by atoms with Gasteiger partial charge >= 0.3 is 20.3 Å². The Bertz CT molecular complexity index is 821. The fourth-order valence-corrected chi connectivity index (χ4v) is 7.58. The van der Waals surface area contributed by atoms with Gasteiger partial charge in [-0.05, 0) is 15.4 Å². The zero-order valence-electron chi connectivity index (χ0n) is 18.2. The molecule has 0 amide bonds. The number of carbonyl (C=O) groups is 2. The molecule has 0 aliphatic rings. The van der Waals surface area contributed by atoms with Gasteiger partial charge in [0.05, 0.1) is 12.8 Å². The summed E-state index contributed by atoms with van der Waals surface area (Å²) in [4.78, 5) is 29.2. The number of carbonyl (C=O) groups excluding carboxylic acids is 1. The fourth-order valence-electron chi connectivity index (χ4n) is 3.47. The fraction of sp³-hybridized carbons (Fsp3) is 0.333. The molecular weight excluding hydrogens is 412 g/mol. The maximum atomic E-state index is 12.1. The van der Waals surface area contributed by atoms with Gasteiger partial charge in [0.25, 0.3) is 0 Å². The molecule has 2 rings (SSSR count). The Morgan fingerprint density at radius 2 is 1.52 bits per heavy atom. The number of carboxylic acids is 1. The third-order valence-electron chi connectivity index (χ3n) is 4.88. The lowest BCUT2D eigenvalue weighted by Gasteiger charge is -2.41. The van der Waals surface area contributed by atoms with Crippen LogP contribution in [0.1, 0.15) is 33.6 Å². The molecule has 0 fully saturated rings. The topological polar surface area (TPSA) is 82.1 Å². The lowest BCUT2D eigenvalue weighted by Crippen LogP contribution is -2.66. The van der Waals surface area contributed by atoms with E-state index in [0.717, 1.165) is 10.4 Å². The van der Waals surface area contributed by atoms with E-state index in [1.165, 1.54) is 6.08 Å². The highest BCUT2D eigenvalue weighted by molar-refractivity contribution is 6.99. The molecule has 0 saturated carbocycles. The Kier molecular flexibility index (Phi) is 8.73. The standard InChI is InChI=1S/C24H30O6Si/c1-5-16-28-23(27)18-19(17-22(25)26)29-30-31(24(2,3)4,20-12-8-6-9-13-20)21-14-10-7-11-15-21/h5-15,19H,1,16-18H2,2-4H3,(H,25,26)/t19-/m1/s1. The molecule has 0 aromatic heterocycles. The lowest BCUT2D eigenvalue weighted by atomic mass is 10.2. The minimum atomic E-state index is -3.02. The van der Waals surface area contributed by atoms with E-state index < -0.39 is 26.4 Å². The largest absolute Gasteiger partial charge is 0.481 e. The molecule has 7 heteroatoms. The van der Waals surface area contributed by atoms with Gasteiger partial charge in [-0.3, -0.25) is 14.2 Å². The number of ether oxygens (including phenoxy) is 1. The highest BCUT2D eigenvalue weighted by Gasteiger charge is 2.52. The van der Waals surface area contributed by atoms with Crippen molar-refractivity contribution in [2.24, 2.45) is 0 Å². The Morgan fingerprint density at radius 1 is 1.00 bits per heavy atom. The van der Waals surface area contributed by atoms with E-state index >= 15 is 0 Å². The van der Waals surface area contributed by atoms with Gasteiger partial charge in [0.2, 0.25) is 0 Å². The summed E-state index contributed by atoms with van der Waals surface area (Å²) in [5.41, 5.74) is 0. The SMILES string of the molecule is C=CCOC(=O)C[C@@H](CC(=O)O)OO[Si](c1ccccc1)(c1ccccc1)C(C)(C)C. The molecule has 0 saturated heterocycles. The number of rotatable bonds is 11. The van der Waals surface area contributed by atoms with E-state index in [-0.39, 0.29) is 24.5 Å². The number of aliphatic carboxylic acids is 1. The first-order valence-electron chi connectivity index (χ1n) is 10.1. The molecule has 1 N–H and O–H groups in total. The van der Waals surface area contributed by atoms with Crippen molar-refractivity contribution in [2.75, 3.05) is 6.61 Å². The van der Waals surface area contributed by atoms with E-state index in [1.807, 2.05) is 60.7 Å². The summed E-state index contributed by atoms with van der Waals surface area (Å²) in [6.45, 7) is 9.78. The first-order valence-corrected chi connectivity index (χ1v) is 12.1. The molecule has 2 aromatic carbocycles. The summed E-state index contributed by atoms with van der Waals surface area (Å²) in [5, 5.41) is 10.9. The van der Waals surface area contributed by atoms with Crippen LogP contribution in [0.15, 0.2) is 73.3 Å². The summed E-state index contributed by atoms with van der Waals surface area (Å²) in [6, 6.07) is 19.6. The second-order valence-electron chi connectivity index (χ2n) is 8.24. The van der Waals surface area contributed by atoms with E-state index in [4.69, 9.17) is 14.2 Å². The van der Waals surface area contributed by atoms with Gasteiger partial charge in [-0.1, -0.05) is 94.1 Å². The molecule has 1 atom stereocenters. The Morgan fingerprint density at radius 3 is 1.94 bits per heavy atom. The Balaban J connectivity index is 2.43. The van der Waals surface area contributed by atoms with Crippen molar-refractivity contribution in [3.63, 3.8) is 0 Å². The predicted molar refractivity (Wildman–Crippen MR) is 122 cm³/mol. The van der Waals surface area contributed by atoms with Crippen molar-refractivity contribution in [3.8, 4) is 0 Å². The number of benzene rings is 2. The van der Waals surface area contributed by atoms with Crippen LogP contribution in [-0.4, -0.2) is 38.1 Å². The van der Waals surface area contributed by atoms with Crippen LogP contribution < -0.4 is 10.4 Å². The summed E-state index contributed by atoms with van der Waals surface area (Å²) in [5.74, 6) is -1.66. The van der Waals surface area contributed by atoms with Gasteiger partial charge in [0.1, 0.15) is 12.7 Å². The molecular formula is C24H30O6Si. The van der Waals surface area contributed by atoms with Gasteiger partial charge < -0.3 is 9.84 Å². The van der Waals surface area contributed by atoms with Crippen molar-refractivity contribution in [1.29, 1.82) is 0 Å². The zero-order valence-corrected chi connectivity index (χ0v) is 19.2. The smallest absolute Gasteiger partial charge is 0.308 e. The first-order chi connectivity index (χ1) is 14.7. The number of carboxylic acid groups (broad SMARTS) is 1. The molecule has 0 aliphatic heterocycles. The van der Waals surface area contributed by atoms with Crippen LogP contribution in [-0.2, 0) is 23.8 Å². The van der Waals surface area contributed by atoms with E-state index in [1.54, 1.807) is 0 Å². The highest BCUT2D eigenvalue weighted by Crippen LogP contribution is 2.37. The van der Waals surface area contributed by atoms with Crippen molar-refractivity contribution >= 4 is 30.6 Å². The van der Waals surface area contributed by atoms with Crippen LogP contribution in [0.2, 0.25) is 5.04 Å². The quantitative estimate of drug-likeness (QED) is 0.189. The summed E-state index contributed by atoms with van der Waals surface area (Å²) in [6.07, 6.45) is -0.166.